The summed E-state index contributed by atoms with van der Waals surface area (Å²) in [5, 5.41) is 0. The highest BCUT2D eigenvalue weighted by Crippen LogP contribution is 2.28. The van der Waals surface area contributed by atoms with Crippen LogP contribution in [0.4, 0.5) is 18.0 Å². The highest BCUT2D eigenvalue weighted by atomic mass is 19.4. The summed E-state index contributed by atoms with van der Waals surface area (Å²) in [6.07, 6.45) is 0.298. The van der Waals surface area contributed by atoms with E-state index in [9.17, 15) is 18.0 Å². The van der Waals surface area contributed by atoms with Gasteiger partial charge in [0.1, 0.15) is 5.75 Å². The van der Waals surface area contributed by atoms with E-state index in [2.05, 4.69) is 27.0 Å². The number of carbonyl (C=O) groups excluding carboxylic acids is 1. The highest BCUT2D eigenvalue weighted by Gasteiger charge is 2.30. The van der Waals surface area contributed by atoms with Crippen molar-refractivity contribution in [3.8, 4) is 5.75 Å². The van der Waals surface area contributed by atoms with Gasteiger partial charge in [-0.15, -0.1) is 0 Å². The molecule has 0 unspecified atom stereocenters. The van der Waals surface area contributed by atoms with Crippen LogP contribution in [0.2, 0.25) is 0 Å². The molecule has 0 saturated carbocycles. The van der Waals surface area contributed by atoms with Crippen LogP contribution in [0.5, 0.6) is 5.75 Å². The largest absolute Gasteiger partial charge is 0.417 e. The molecule has 0 aliphatic carbocycles. The first-order valence-corrected chi connectivity index (χ1v) is 12.0. The molecule has 1 aliphatic heterocycles. The topological polar surface area (TPSA) is 58.6 Å². The number of hydrogen-bond donors (Lipinski definition) is 0. The van der Waals surface area contributed by atoms with E-state index < -0.39 is 11.7 Å². The van der Waals surface area contributed by atoms with E-state index in [1.165, 1.54) is 6.07 Å². The van der Waals surface area contributed by atoms with Crippen LogP contribution in [-0.4, -0.2) is 58.6 Å². The van der Waals surface area contributed by atoms with Crippen LogP contribution in [0.3, 0.4) is 0 Å². The third kappa shape index (κ3) is 7.27. The van der Waals surface area contributed by atoms with Crippen LogP contribution in [0.1, 0.15) is 34.5 Å². The molecular formula is C27H29F3N4O2. The van der Waals surface area contributed by atoms with Gasteiger partial charge in [0.15, 0.2) is 0 Å². The Morgan fingerprint density at radius 1 is 0.917 bits per heavy atom. The Morgan fingerprint density at radius 2 is 1.61 bits per heavy atom. The van der Waals surface area contributed by atoms with Crippen molar-refractivity contribution in [2.75, 3.05) is 32.7 Å². The van der Waals surface area contributed by atoms with E-state index in [1.807, 2.05) is 13.1 Å². The van der Waals surface area contributed by atoms with Crippen LogP contribution in [-0.2, 0) is 19.0 Å². The minimum Gasteiger partial charge on any atom is -0.410 e. The standard InChI is InChI=1S/C27H29F3N4O2/c1-20-4-8-23(31-18-20)3-2-12-33-13-15-34(16-14-33)26(35)36-25-10-5-21(6-11-25)17-24-9-7-22(19-32-24)27(28,29)30/h4-11,18-19H,2-3,12-17H2,1H3. The molecule has 3 aromatic rings. The molecule has 1 aromatic carbocycles. The van der Waals surface area contributed by atoms with Gasteiger partial charge in [-0.2, -0.15) is 13.2 Å². The summed E-state index contributed by atoms with van der Waals surface area (Å²) in [7, 11) is 0. The first kappa shape index (κ1) is 25.6. The van der Waals surface area contributed by atoms with Gasteiger partial charge in [0.2, 0.25) is 0 Å². The molecular weight excluding hydrogens is 469 g/mol. The third-order valence-electron chi connectivity index (χ3n) is 6.18. The number of piperazine rings is 1. The van der Waals surface area contributed by atoms with Gasteiger partial charge in [0, 0.05) is 56.4 Å². The molecule has 190 valence electrons. The van der Waals surface area contributed by atoms with Gasteiger partial charge in [-0.25, -0.2) is 4.79 Å². The lowest BCUT2D eigenvalue weighted by molar-refractivity contribution is -0.137. The lowest BCUT2D eigenvalue weighted by Crippen LogP contribution is -2.49. The lowest BCUT2D eigenvalue weighted by Gasteiger charge is -2.34. The molecule has 1 fully saturated rings. The monoisotopic (exact) mass is 498 g/mol. The number of alkyl halides is 3. The second-order valence-corrected chi connectivity index (χ2v) is 8.98. The predicted octanol–water partition coefficient (Wildman–Crippen LogP) is 5.14. The van der Waals surface area contributed by atoms with Gasteiger partial charge < -0.3 is 9.64 Å². The van der Waals surface area contributed by atoms with Crippen LogP contribution < -0.4 is 4.74 Å². The van der Waals surface area contributed by atoms with Gasteiger partial charge in [0.05, 0.1) is 5.56 Å². The lowest BCUT2D eigenvalue weighted by atomic mass is 10.1. The zero-order chi connectivity index (χ0) is 25.5. The van der Waals surface area contributed by atoms with Crippen LogP contribution in [0.25, 0.3) is 0 Å². The fourth-order valence-corrected chi connectivity index (χ4v) is 4.03. The molecule has 1 amide bonds. The number of pyridine rings is 2. The summed E-state index contributed by atoms with van der Waals surface area (Å²) in [5.41, 5.74) is 2.88. The molecule has 0 radical (unpaired) electrons. The van der Waals surface area contributed by atoms with E-state index in [1.54, 1.807) is 29.2 Å². The molecule has 0 atom stereocenters. The maximum absolute atomic E-state index is 12.7. The quantitative estimate of drug-likeness (QED) is 0.451. The first-order valence-electron chi connectivity index (χ1n) is 12.0. The van der Waals surface area contributed by atoms with Crippen molar-refractivity contribution in [2.45, 2.75) is 32.4 Å². The summed E-state index contributed by atoms with van der Waals surface area (Å²) < 4.78 is 43.5. The van der Waals surface area contributed by atoms with Crippen LogP contribution in [0.15, 0.2) is 60.9 Å². The average Bonchev–Trinajstić information content (AvgIpc) is 2.87. The van der Waals surface area contributed by atoms with Gasteiger partial charge >= 0.3 is 12.3 Å². The number of halogens is 3. The van der Waals surface area contributed by atoms with Gasteiger partial charge in [0.25, 0.3) is 0 Å². The average molecular weight is 499 g/mol. The first-order chi connectivity index (χ1) is 17.3. The van der Waals surface area contributed by atoms with Crippen molar-refractivity contribution in [2.24, 2.45) is 0 Å². The number of benzene rings is 1. The Hall–Kier alpha value is -3.46. The second kappa shape index (κ2) is 11.5. The summed E-state index contributed by atoms with van der Waals surface area (Å²) >= 11 is 0. The molecule has 36 heavy (non-hydrogen) atoms. The molecule has 0 spiro atoms. The minimum atomic E-state index is -4.40. The smallest absolute Gasteiger partial charge is 0.410 e. The van der Waals surface area contributed by atoms with E-state index in [-0.39, 0.29) is 6.09 Å². The SMILES string of the molecule is Cc1ccc(CCCN2CCN(C(=O)Oc3ccc(Cc4ccc(C(F)(F)F)cn4)cc3)CC2)nc1. The Kier molecular flexibility index (Phi) is 8.20. The summed E-state index contributed by atoms with van der Waals surface area (Å²) in [6, 6.07) is 13.5. The second-order valence-electron chi connectivity index (χ2n) is 8.98. The fraction of sp³-hybridized carbons (Fsp3) is 0.370. The number of hydrogen-bond acceptors (Lipinski definition) is 5. The number of ether oxygens (including phenoxy) is 1. The van der Waals surface area contributed by atoms with Crippen molar-refractivity contribution in [1.82, 2.24) is 19.8 Å². The Labute approximate surface area is 208 Å². The Balaban J connectivity index is 1.19. The van der Waals surface area contributed by atoms with E-state index >= 15 is 0 Å². The number of aryl methyl sites for hydroxylation is 2. The van der Waals surface area contributed by atoms with Gasteiger partial charge in [-0.05, 0) is 67.8 Å². The number of aromatic nitrogens is 2. The van der Waals surface area contributed by atoms with Crippen LogP contribution in [0, 0.1) is 6.92 Å². The predicted molar refractivity (Wildman–Crippen MR) is 130 cm³/mol. The molecule has 1 aliphatic rings. The van der Waals surface area contributed by atoms with Gasteiger partial charge in [-0.1, -0.05) is 18.2 Å². The van der Waals surface area contributed by atoms with Crippen LogP contribution >= 0.6 is 0 Å². The molecule has 0 N–H and O–H groups in total. The molecule has 0 bridgehead atoms. The van der Waals surface area contributed by atoms with Crippen molar-refractivity contribution >= 4 is 6.09 Å². The fourth-order valence-electron chi connectivity index (χ4n) is 4.03. The number of rotatable bonds is 7. The maximum Gasteiger partial charge on any atom is 0.417 e. The molecule has 3 heterocycles. The molecule has 6 nitrogen and oxygen atoms in total. The minimum absolute atomic E-state index is 0.379. The van der Waals surface area contributed by atoms with Gasteiger partial charge in [-0.3, -0.25) is 14.9 Å². The number of carbonyl (C=O) groups is 1. The Morgan fingerprint density at radius 3 is 2.22 bits per heavy atom. The normalized spacial score (nSPS) is 14.6. The Bertz CT molecular complexity index is 1130. The molecule has 9 heteroatoms. The zero-order valence-corrected chi connectivity index (χ0v) is 20.2. The summed E-state index contributed by atoms with van der Waals surface area (Å²) in [4.78, 5) is 25.0. The molecule has 1 saturated heterocycles. The number of nitrogens with zero attached hydrogens (tertiary/aromatic N) is 4. The van der Waals surface area contributed by atoms with E-state index in [0.717, 1.165) is 61.6 Å². The van der Waals surface area contributed by atoms with Crippen molar-refractivity contribution in [1.29, 1.82) is 0 Å². The third-order valence-corrected chi connectivity index (χ3v) is 6.18. The number of amides is 1. The van der Waals surface area contributed by atoms with Crippen molar-refractivity contribution in [3.05, 3.63) is 89.0 Å². The van der Waals surface area contributed by atoms with Crippen molar-refractivity contribution < 1.29 is 22.7 Å². The van der Waals surface area contributed by atoms with Crippen molar-refractivity contribution in [3.63, 3.8) is 0 Å². The zero-order valence-electron chi connectivity index (χ0n) is 20.2. The maximum atomic E-state index is 12.7. The molecule has 2 aromatic heterocycles. The summed E-state index contributed by atoms with van der Waals surface area (Å²) in [6.45, 7) is 5.82. The van der Waals surface area contributed by atoms with E-state index in [4.69, 9.17) is 4.74 Å². The highest BCUT2D eigenvalue weighted by molar-refractivity contribution is 5.70. The summed E-state index contributed by atoms with van der Waals surface area (Å²) in [5.74, 6) is 0.428. The van der Waals surface area contributed by atoms with E-state index in [0.29, 0.717) is 31.0 Å². The molecule has 4 rings (SSSR count).